The fraction of sp³-hybridized carbons (Fsp3) is 0.385. The van der Waals surface area contributed by atoms with Gasteiger partial charge in [0.2, 0.25) is 11.8 Å². The molecule has 1 aromatic carbocycles. The minimum Gasteiger partial charge on any atom is -0.366 e. The van der Waals surface area contributed by atoms with Gasteiger partial charge in [-0.1, -0.05) is 11.6 Å². The smallest absolute Gasteiger partial charge is 0.248 e. The quantitative estimate of drug-likeness (QED) is 0.783. The zero-order valence-electron chi connectivity index (χ0n) is 10.4. The Hall–Kier alpha value is -1.59. The molecule has 102 valence electrons. The van der Waals surface area contributed by atoms with Crippen LogP contribution in [0.1, 0.15) is 29.6 Å². The summed E-state index contributed by atoms with van der Waals surface area (Å²) in [4.78, 5) is 23.2. The Morgan fingerprint density at radius 3 is 2.63 bits per heavy atom. The van der Waals surface area contributed by atoms with E-state index in [1.807, 2.05) is 0 Å². The third kappa shape index (κ3) is 3.24. The van der Waals surface area contributed by atoms with Gasteiger partial charge >= 0.3 is 0 Å². The summed E-state index contributed by atoms with van der Waals surface area (Å²) in [6.07, 6.45) is 2.31. The number of hydrogen-bond acceptors (Lipinski definition) is 3. The van der Waals surface area contributed by atoms with Crippen LogP contribution in [0.2, 0.25) is 5.02 Å². The van der Waals surface area contributed by atoms with Gasteiger partial charge in [0.1, 0.15) is 0 Å². The molecule has 0 aliphatic heterocycles. The van der Waals surface area contributed by atoms with Crippen molar-refractivity contribution in [2.45, 2.75) is 25.3 Å². The molecule has 0 bridgehead atoms. The molecule has 1 aromatic rings. The summed E-state index contributed by atoms with van der Waals surface area (Å²) in [6.45, 7) is 0. The molecule has 19 heavy (non-hydrogen) atoms. The number of nitrogens with one attached hydrogen (secondary N) is 1. The van der Waals surface area contributed by atoms with E-state index in [1.165, 1.54) is 18.2 Å². The third-order valence-corrected chi connectivity index (χ3v) is 3.68. The molecule has 2 unspecified atom stereocenters. The summed E-state index contributed by atoms with van der Waals surface area (Å²) in [7, 11) is 0. The number of anilines is 1. The van der Waals surface area contributed by atoms with Gasteiger partial charge in [-0.3, -0.25) is 9.59 Å². The van der Waals surface area contributed by atoms with Gasteiger partial charge in [-0.25, -0.2) is 0 Å². The predicted octanol–water partition coefficient (Wildman–Crippen LogP) is 1.50. The second-order valence-corrected chi connectivity index (χ2v) is 5.23. The molecule has 1 aliphatic rings. The van der Waals surface area contributed by atoms with Crippen LogP contribution in [0.15, 0.2) is 18.2 Å². The van der Waals surface area contributed by atoms with E-state index in [2.05, 4.69) is 5.32 Å². The van der Waals surface area contributed by atoms with Crippen LogP contribution < -0.4 is 16.8 Å². The number of nitrogens with two attached hydrogens (primary N) is 2. The third-order valence-electron chi connectivity index (χ3n) is 3.35. The van der Waals surface area contributed by atoms with E-state index < -0.39 is 5.91 Å². The van der Waals surface area contributed by atoms with Gasteiger partial charge in [0, 0.05) is 17.5 Å². The van der Waals surface area contributed by atoms with E-state index in [-0.39, 0.29) is 17.9 Å². The van der Waals surface area contributed by atoms with Crippen LogP contribution in [-0.4, -0.2) is 17.9 Å². The summed E-state index contributed by atoms with van der Waals surface area (Å²) >= 11 is 5.99. The average Bonchev–Trinajstić information content (AvgIpc) is 2.78. The highest BCUT2D eigenvalue weighted by molar-refractivity contribution is 6.33. The van der Waals surface area contributed by atoms with Gasteiger partial charge in [0.25, 0.3) is 0 Å². The maximum Gasteiger partial charge on any atom is 0.248 e. The van der Waals surface area contributed by atoms with E-state index in [1.54, 1.807) is 0 Å². The fourth-order valence-corrected chi connectivity index (χ4v) is 2.43. The average molecular weight is 282 g/mol. The van der Waals surface area contributed by atoms with Gasteiger partial charge in [-0.05, 0) is 37.5 Å². The number of benzene rings is 1. The molecule has 2 rings (SSSR count). The molecule has 0 radical (unpaired) electrons. The summed E-state index contributed by atoms with van der Waals surface area (Å²) in [5.41, 5.74) is 11.7. The molecule has 5 N–H and O–H groups in total. The number of carbonyl (C=O) groups excluding carboxylic acids is 2. The highest BCUT2D eigenvalue weighted by atomic mass is 35.5. The molecule has 0 spiro atoms. The van der Waals surface area contributed by atoms with E-state index in [0.29, 0.717) is 22.7 Å². The van der Waals surface area contributed by atoms with Crippen LogP contribution in [0.3, 0.4) is 0 Å². The van der Waals surface area contributed by atoms with Gasteiger partial charge in [0.15, 0.2) is 0 Å². The van der Waals surface area contributed by atoms with Crippen molar-refractivity contribution in [3.8, 4) is 0 Å². The van der Waals surface area contributed by atoms with Crippen LogP contribution in [0, 0.1) is 5.92 Å². The number of hydrogen-bond donors (Lipinski definition) is 3. The monoisotopic (exact) mass is 281 g/mol. The van der Waals surface area contributed by atoms with Gasteiger partial charge in [-0.15, -0.1) is 0 Å². The number of rotatable bonds is 3. The second kappa shape index (κ2) is 5.59. The first-order chi connectivity index (χ1) is 8.97. The predicted molar refractivity (Wildman–Crippen MR) is 73.9 cm³/mol. The van der Waals surface area contributed by atoms with E-state index in [9.17, 15) is 9.59 Å². The molecule has 2 atom stereocenters. The van der Waals surface area contributed by atoms with Crippen molar-refractivity contribution in [3.63, 3.8) is 0 Å². The standard InChI is InChI=1S/C13H16ClN3O2/c14-10-4-2-7(12(16)18)6-11(10)17-13(19)8-1-3-9(15)5-8/h2,4,6,8-9H,1,3,5,15H2,(H2,16,18)(H,17,19). The summed E-state index contributed by atoms with van der Waals surface area (Å²) in [6, 6.07) is 4.63. The first-order valence-corrected chi connectivity index (χ1v) is 6.51. The number of carbonyl (C=O) groups is 2. The van der Waals surface area contributed by atoms with Crippen molar-refractivity contribution < 1.29 is 9.59 Å². The lowest BCUT2D eigenvalue weighted by Crippen LogP contribution is -2.23. The number of amides is 2. The molecule has 1 saturated carbocycles. The number of halogens is 1. The van der Waals surface area contributed by atoms with Gasteiger partial charge in [0.05, 0.1) is 10.7 Å². The van der Waals surface area contributed by atoms with Crippen LogP contribution in [0.5, 0.6) is 0 Å². The zero-order valence-corrected chi connectivity index (χ0v) is 11.1. The Balaban J connectivity index is 2.12. The van der Waals surface area contributed by atoms with Crippen molar-refractivity contribution >= 4 is 29.1 Å². The first-order valence-electron chi connectivity index (χ1n) is 6.13. The zero-order chi connectivity index (χ0) is 14.0. The molecule has 2 amide bonds. The molecule has 0 heterocycles. The second-order valence-electron chi connectivity index (χ2n) is 4.82. The summed E-state index contributed by atoms with van der Waals surface area (Å²) in [5, 5.41) is 3.11. The minimum absolute atomic E-state index is 0.0863. The highest BCUT2D eigenvalue weighted by Gasteiger charge is 2.28. The molecule has 1 fully saturated rings. The molecular formula is C13H16ClN3O2. The number of primary amides is 1. The molecule has 6 heteroatoms. The highest BCUT2D eigenvalue weighted by Crippen LogP contribution is 2.28. The Labute approximate surface area is 116 Å². The minimum atomic E-state index is -0.560. The maximum atomic E-state index is 12.1. The van der Waals surface area contributed by atoms with Crippen molar-refractivity contribution in [1.82, 2.24) is 0 Å². The van der Waals surface area contributed by atoms with Crippen molar-refractivity contribution in [1.29, 1.82) is 0 Å². The van der Waals surface area contributed by atoms with E-state index in [4.69, 9.17) is 23.1 Å². The summed E-state index contributed by atoms with van der Waals surface area (Å²) < 4.78 is 0. The lowest BCUT2D eigenvalue weighted by Gasteiger charge is -2.12. The van der Waals surface area contributed by atoms with Crippen LogP contribution >= 0.6 is 11.6 Å². The Morgan fingerprint density at radius 1 is 1.32 bits per heavy atom. The van der Waals surface area contributed by atoms with Gasteiger partial charge in [-0.2, -0.15) is 0 Å². The lowest BCUT2D eigenvalue weighted by molar-refractivity contribution is -0.119. The topological polar surface area (TPSA) is 98.2 Å². The fourth-order valence-electron chi connectivity index (χ4n) is 2.26. The largest absolute Gasteiger partial charge is 0.366 e. The van der Waals surface area contributed by atoms with Gasteiger partial charge < -0.3 is 16.8 Å². The molecule has 0 saturated heterocycles. The van der Waals surface area contributed by atoms with Crippen LogP contribution in [-0.2, 0) is 4.79 Å². The Kier molecular flexibility index (Phi) is 4.07. The van der Waals surface area contributed by atoms with E-state index >= 15 is 0 Å². The van der Waals surface area contributed by atoms with E-state index in [0.717, 1.165) is 12.8 Å². The Bertz CT molecular complexity index is 519. The maximum absolute atomic E-state index is 12.1. The van der Waals surface area contributed by atoms with Crippen LogP contribution in [0.4, 0.5) is 5.69 Å². The molecule has 0 aromatic heterocycles. The molecule has 1 aliphatic carbocycles. The molecule has 5 nitrogen and oxygen atoms in total. The lowest BCUT2D eigenvalue weighted by atomic mass is 10.1. The first kappa shape index (κ1) is 13.8. The van der Waals surface area contributed by atoms with Crippen molar-refractivity contribution in [2.75, 3.05) is 5.32 Å². The normalized spacial score (nSPS) is 22.2. The SMILES string of the molecule is NC(=O)c1ccc(Cl)c(NC(=O)C2CCC(N)C2)c1. The van der Waals surface area contributed by atoms with Crippen molar-refractivity contribution in [2.24, 2.45) is 17.4 Å². The summed E-state index contributed by atoms with van der Waals surface area (Å²) in [5.74, 6) is -0.769. The molecular weight excluding hydrogens is 266 g/mol. The van der Waals surface area contributed by atoms with Crippen LogP contribution in [0.25, 0.3) is 0 Å². The Morgan fingerprint density at radius 2 is 2.05 bits per heavy atom. The van der Waals surface area contributed by atoms with Crippen molar-refractivity contribution in [3.05, 3.63) is 28.8 Å².